The quantitative estimate of drug-likeness (QED) is 0.505. The molecule has 0 spiro atoms. The molecule has 0 amide bonds. The maximum atomic E-state index is 2.25. The molecule has 0 bridgehead atoms. The second-order valence-corrected chi connectivity index (χ2v) is 6.62. The highest BCUT2D eigenvalue weighted by Gasteiger charge is 2.15. The Hall–Kier alpha value is -1.64. The van der Waals surface area contributed by atoms with Crippen molar-refractivity contribution >= 4 is 23.5 Å². The Labute approximate surface area is 141 Å². The van der Waals surface area contributed by atoms with Crippen LogP contribution in [0.1, 0.15) is 0 Å². The fourth-order valence-electron chi connectivity index (χ4n) is 2.68. The second-order valence-electron chi connectivity index (χ2n) is 4.96. The number of thioether (sulfide) groups is 2. The standard InChI is InChI=1S/C20H18S2/c1-21-18-14-13-17(15-9-5-3-6-10-15)19(20(18)22-2)16-11-7-4-8-12-16/h3-14H,1-2H3. The molecule has 0 heterocycles. The van der Waals surface area contributed by atoms with E-state index in [1.165, 1.54) is 32.0 Å². The average Bonchev–Trinajstić information content (AvgIpc) is 2.61. The van der Waals surface area contributed by atoms with Crippen molar-refractivity contribution in [3.8, 4) is 22.3 Å². The zero-order valence-electron chi connectivity index (χ0n) is 12.7. The van der Waals surface area contributed by atoms with Crippen LogP contribution in [0, 0.1) is 0 Å². The third kappa shape index (κ3) is 2.94. The lowest BCUT2D eigenvalue weighted by atomic mass is 9.94. The summed E-state index contributed by atoms with van der Waals surface area (Å²) >= 11 is 3.64. The first-order valence-electron chi connectivity index (χ1n) is 7.21. The molecule has 3 aromatic rings. The van der Waals surface area contributed by atoms with E-state index in [1.54, 1.807) is 0 Å². The largest absolute Gasteiger partial charge is 0.128 e. The first kappa shape index (κ1) is 15.3. The van der Waals surface area contributed by atoms with Crippen molar-refractivity contribution in [2.45, 2.75) is 9.79 Å². The van der Waals surface area contributed by atoms with Gasteiger partial charge in [0.05, 0.1) is 0 Å². The molecule has 3 aromatic carbocycles. The van der Waals surface area contributed by atoms with Crippen LogP contribution in [0.3, 0.4) is 0 Å². The molecule has 2 heteroatoms. The third-order valence-electron chi connectivity index (χ3n) is 3.69. The molecule has 0 saturated carbocycles. The first-order chi connectivity index (χ1) is 10.8. The van der Waals surface area contributed by atoms with Gasteiger partial charge in [-0.3, -0.25) is 0 Å². The lowest BCUT2D eigenvalue weighted by Crippen LogP contribution is -1.91. The molecule has 0 N–H and O–H groups in total. The van der Waals surface area contributed by atoms with Gasteiger partial charge in [0.1, 0.15) is 0 Å². The molecule has 0 saturated heterocycles. The molecule has 3 rings (SSSR count). The van der Waals surface area contributed by atoms with Gasteiger partial charge in [-0.15, -0.1) is 23.5 Å². The maximum absolute atomic E-state index is 2.25. The van der Waals surface area contributed by atoms with E-state index in [0.717, 1.165) is 0 Å². The van der Waals surface area contributed by atoms with E-state index < -0.39 is 0 Å². The average molecular weight is 322 g/mol. The van der Waals surface area contributed by atoms with Gasteiger partial charge in [0.15, 0.2) is 0 Å². The smallest absolute Gasteiger partial charge is 0.0290 e. The van der Waals surface area contributed by atoms with Crippen LogP contribution in [0.2, 0.25) is 0 Å². The molecule has 0 radical (unpaired) electrons. The van der Waals surface area contributed by atoms with Crippen LogP contribution in [0.25, 0.3) is 22.3 Å². The predicted molar refractivity (Wildman–Crippen MR) is 101 cm³/mol. The van der Waals surface area contributed by atoms with Crippen LogP contribution in [-0.4, -0.2) is 12.5 Å². The highest BCUT2D eigenvalue weighted by atomic mass is 32.2. The summed E-state index contributed by atoms with van der Waals surface area (Å²) in [7, 11) is 0. The molecular formula is C20H18S2. The zero-order chi connectivity index (χ0) is 15.4. The lowest BCUT2D eigenvalue weighted by Gasteiger charge is -2.17. The van der Waals surface area contributed by atoms with Gasteiger partial charge in [-0.05, 0) is 35.3 Å². The molecule has 0 nitrogen and oxygen atoms in total. The van der Waals surface area contributed by atoms with Gasteiger partial charge >= 0.3 is 0 Å². The van der Waals surface area contributed by atoms with E-state index in [2.05, 4.69) is 85.3 Å². The Bertz CT molecular complexity index is 749. The molecule has 110 valence electrons. The molecule has 22 heavy (non-hydrogen) atoms. The molecule has 0 unspecified atom stereocenters. The van der Waals surface area contributed by atoms with Gasteiger partial charge in [-0.1, -0.05) is 66.7 Å². The van der Waals surface area contributed by atoms with Crippen LogP contribution in [-0.2, 0) is 0 Å². The number of rotatable bonds is 4. The molecule has 0 aromatic heterocycles. The van der Waals surface area contributed by atoms with Gasteiger partial charge in [0, 0.05) is 15.4 Å². The van der Waals surface area contributed by atoms with Crippen molar-refractivity contribution in [2.75, 3.05) is 12.5 Å². The molecule has 0 aliphatic carbocycles. The Morgan fingerprint density at radius 3 is 1.73 bits per heavy atom. The minimum absolute atomic E-state index is 1.27. The fraction of sp³-hybridized carbons (Fsp3) is 0.100. The Morgan fingerprint density at radius 1 is 0.591 bits per heavy atom. The summed E-state index contributed by atoms with van der Waals surface area (Å²) in [5.41, 5.74) is 5.19. The summed E-state index contributed by atoms with van der Waals surface area (Å²) in [5.74, 6) is 0. The predicted octanol–water partition coefficient (Wildman–Crippen LogP) is 6.46. The van der Waals surface area contributed by atoms with Crippen molar-refractivity contribution in [3.63, 3.8) is 0 Å². The summed E-state index contributed by atoms with van der Waals surface area (Å²) < 4.78 is 0. The summed E-state index contributed by atoms with van der Waals surface area (Å²) in [6.45, 7) is 0. The van der Waals surface area contributed by atoms with E-state index in [1.807, 2.05) is 23.5 Å². The van der Waals surface area contributed by atoms with Crippen LogP contribution >= 0.6 is 23.5 Å². The number of hydrogen-bond donors (Lipinski definition) is 0. The Kier molecular flexibility index (Phi) is 4.91. The number of hydrogen-bond acceptors (Lipinski definition) is 2. The van der Waals surface area contributed by atoms with Crippen LogP contribution < -0.4 is 0 Å². The van der Waals surface area contributed by atoms with Gasteiger partial charge in [0.25, 0.3) is 0 Å². The highest BCUT2D eigenvalue weighted by molar-refractivity contribution is 8.01. The van der Waals surface area contributed by atoms with Crippen molar-refractivity contribution in [3.05, 3.63) is 72.8 Å². The van der Waals surface area contributed by atoms with E-state index >= 15 is 0 Å². The van der Waals surface area contributed by atoms with Crippen LogP contribution in [0.15, 0.2) is 82.6 Å². The molecule has 0 fully saturated rings. The van der Waals surface area contributed by atoms with E-state index in [0.29, 0.717) is 0 Å². The molecule has 0 atom stereocenters. The van der Waals surface area contributed by atoms with Crippen LogP contribution in [0.4, 0.5) is 0 Å². The Balaban J connectivity index is 2.31. The minimum atomic E-state index is 1.27. The molecule has 0 aliphatic rings. The monoisotopic (exact) mass is 322 g/mol. The van der Waals surface area contributed by atoms with Gasteiger partial charge < -0.3 is 0 Å². The summed E-state index contributed by atoms with van der Waals surface area (Å²) in [4.78, 5) is 2.70. The van der Waals surface area contributed by atoms with Gasteiger partial charge in [0.2, 0.25) is 0 Å². The van der Waals surface area contributed by atoms with Gasteiger partial charge in [-0.25, -0.2) is 0 Å². The topological polar surface area (TPSA) is 0 Å². The fourth-order valence-corrected chi connectivity index (χ4v) is 4.37. The van der Waals surface area contributed by atoms with E-state index in [-0.39, 0.29) is 0 Å². The first-order valence-corrected chi connectivity index (χ1v) is 9.66. The van der Waals surface area contributed by atoms with Crippen molar-refractivity contribution in [1.29, 1.82) is 0 Å². The molecule has 0 aliphatic heterocycles. The third-order valence-corrected chi connectivity index (χ3v) is 5.43. The van der Waals surface area contributed by atoms with E-state index in [9.17, 15) is 0 Å². The summed E-state index contributed by atoms with van der Waals surface area (Å²) in [6.07, 6.45) is 4.31. The normalized spacial score (nSPS) is 10.6. The van der Waals surface area contributed by atoms with Crippen LogP contribution in [0.5, 0.6) is 0 Å². The highest BCUT2D eigenvalue weighted by Crippen LogP contribution is 2.43. The SMILES string of the molecule is CSc1ccc(-c2ccccc2)c(-c2ccccc2)c1SC. The maximum Gasteiger partial charge on any atom is 0.0290 e. The van der Waals surface area contributed by atoms with Gasteiger partial charge in [-0.2, -0.15) is 0 Å². The Morgan fingerprint density at radius 2 is 1.18 bits per heavy atom. The second kappa shape index (κ2) is 7.08. The lowest BCUT2D eigenvalue weighted by molar-refractivity contribution is 1.26. The summed E-state index contributed by atoms with van der Waals surface area (Å²) in [5, 5.41) is 0. The van der Waals surface area contributed by atoms with E-state index in [4.69, 9.17) is 0 Å². The van der Waals surface area contributed by atoms with Crippen molar-refractivity contribution in [1.82, 2.24) is 0 Å². The zero-order valence-corrected chi connectivity index (χ0v) is 14.4. The van der Waals surface area contributed by atoms with Crippen molar-refractivity contribution < 1.29 is 0 Å². The minimum Gasteiger partial charge on any atom is -0.128 e. The number of benzene rings is 3. The van der Waals surface area contributed by atoms with Crippen molar-refractivity contribution in [2.24, 2.45) is 0 Å². The summed E-state index contributed by atoms with van der Waals surface area (Å²) in [6, 6.07) is 25.8. The molecular weight excluding hydrogens is 304 g/mol.